The maximum absolute atomic E-state index is 12.1. The van der Waals surface area contributed by atoms with Crippen LogP contribution in [0.4, 0.5) is 0 Å². The van der Waals surface area contributed by atoms with Crippen molar-refractivity contribution in [2.24, 2.45) is 0 Å². The van der Waals surface area contributed by atoms with Crippen LogP contribution in [0.15, 0.2) is 12.2 Å². The fourth-order valence-electron chi connectivity index (χ4n) is 3.76. The van der Waals surface area contributed by atoms with Gasteiger partial charge in [0.25, 0.3) is 0 Å². The molecule has 0 aliphatic carbocycles. The van der Waals surface area contributed by atoms with E-state index < -0.39 is 24.0 Å². The van der Waals surface area contributed by atoms with E-state index in [-0.39, 0.29) is 38.0 Å². The molecule has 0 heterocycles. The quantitative estimate of drug-likeness (QED) is 0.0599. The first-order valence-electron chi connectivity index (χ1n) is 16.6. The van der Waals surface area contributed by atoms with Gasteiger partial charge in [-0.05, 0) is 46.0 Å². The lowest BCUT2D eigenvalue weighted by atomic mass is 10.1. The highest BCUT2D eigenvalue weighted by atomic mass is 16.6. The molecule has 0 aromatic rings. The SMILES string of the molecule is CC(=O)[O-].CC(=O)[O-].CCCCCCCC/C=C/CCCCCCCC(=O)OCC(COC(=O)CCC[NH3+])OC(=O)CCC[NH3+]. The van der Waals surface area contributed by atoms with E-state index in [1.807, 2.05) is 0 Å². The number of esters is 3. The first-order chi connectivity index (χ1) is 21.5. The van der Waals surface area contributed by atoms with Crippen molar-refractivity contribution >= 4 is 29.8 Å². The summed E-state index contributed by atoms with van der Waals surface area (Å²) in [4.78, 5) is 53.6. The van der Waals surface area contributed by atoms with E-state index >= 15 is 0 Å². The van der Waals surface area contributed by atoms with Crippen LogP contribution in [0.2, 0.25) is 0 Å². The normalized spacial score (nSPS) is 11.0. The van der Waals surface area contributed by atoms with Crippen LogP contribution in [0, 0.1) is 0 Å². The minimum atomic E-state index is -1.08. The Labute approximate surface area is 270 Å². The molecule has 0 aliphatic rings. The molecule has 0 bridgehead atoms. The van der Waals surface area contributed by atoms with E-state index in [4.69, 9.17) is 34.0 Å². The largest absolute Gasteiger partial charge is 0.550 e. The number of ether oxygens (including phenoxy) is 3. The van der Waals surface area contributed by atoms with Crippen molar-refractivity contribution in [2.75, 3.05) is 26.3 Å². The zero-order valence-electron chi connectivity index (χ0n) is 28.3. The van der Waals surface area contributed by atoms with Gasteiger partial charge in [-0.2, -0.15) is 0 Å². The van der Waals surface area contributed by atoms with Gasteiger partial charge < -0.3 is 45.5 Å². The van der Waals surface area contributed by atoms with Gasteiger partial charge in [0.2, 0.25) is 0 Å². The average Bonchev–Trinajstić information content (AvgIpc) is 2.97. The van der Waals surface area contributed by atoms with Crippen LogP contribution >= 0.6 is 0 Å². The van der Waals surface area contributed by atoms with Crippen molar-refractivity contribution in [3.8, 4) is 0 Å². The molecule has 1 atom stereocenters. The number of hydrogen-bond acceptors (Lipinski definition) is 10. The number of rotatable bonds is 26. The number of aliphatic carboxylic acids is 2. The maximum atomic E-state index is 12.1. The molecule has 0 fully saturated rings. The Morgan fingerprint density at radius 2 is 0.933 bits per heavy atom. The predicted molar refractivity (Wildman–Crippen MR) is 167 cm³/mol. The highest BCUT2D eigenvalue weighted by molar-refractivity contribution is 5.71. The summed E-state index contributed by atoms with van der Waals surface area (Å²) in [6.07, 6.45) is 21.5. The van der Waals surface area contributed by atoms with Crippen molar-refractivity contribution < 1.29 is 59.9 Å². The monoisotopic (exact) mass is 646 g/mol. The summed E-state index contributed by atoms with van der Waals surface area (Å²) in [5, 5.41) is 17.8. The Hall–Kier alpha value is -2.99. The van der Waals surface area contributed by atoms with Crippen LogP contribution in [0.5, 0.6) is 0 Å². The minimum absolute atomic E-state index is 0.108. The molecule has 0 saturated heterocycles. The first-order valence-corrected chi connectivity index (χ1v) is 16.6. The standard InChI is InChI=1S/C29H54N2O6.2C2H4O2/c1-2-3-4-5-6-7-8-9-10-11-12-13-14-15-16-19-27(32)35-24-26(37-29(34)21-18-23-31)25-36-28(33)20-17-22-30;2*1-2(3)4/h9-10,26H,2-8,11-25,30-31H2,1H3;2*1H3,(H,3,4)/b10-9+;;. The topological polar surface area (TPSA) is 214 Å². The van der Waals surface area contributed by atoms with Gasteiger partial charge in [-0.1, -0.05) is 70.4 Å². The molecular weight excluding hydrogens is 584 g/mol. The van der Waals surface area contributed by atoms with Gasteiger partial charge in [0.05, 0.1) is 25.9 Å². The molecular formula is C33H62N2O10. The predicted octanol–water partition coefficient (Wildman–Crippen LogP) is 1.58. The van der Waals surface area contributed by atoms with Crippen LogP contribution in [-0.2, 0) is 38.2 Å². The lowest BCUT2D eigenvalue weighted by molar-refractivity contribution is -0.368. The summed E-state index contributed by atoms with van der Waals surface area (Å²) in [7, 11) is 0. The van der Waals surface area contributed by atoms with Crippen molar-refractivity contribution in [1.29, 1.82) is 0 Å². The van der Waals surface area contributed by atoms with E-state index in [0.29, 0.717) is 32.4 Å². The smallest absolute Gasteiger partial charge is 0.306 e. The second-order valence-electron chi connectivity index (χ2n) is 10.7. The number of quaternary nitrogens is 2. The molecule has 0 radical (unpaired) electrons. The summed E-state index contributed by atoms with van der Waals surface area (Å²) in [5.74, 6) is -3.27. The molecule has 1 unspecified atom stereocenters. The van der Waals surface area contributed by atoms with Crippen molar-refractivity contribution in [2.45, 2.75) is 142 Å². The molecule has 0 rings (SSSR count). The second kappa shape index (κ2) is 37.2. The third-order valence-electron chi connectivity index (χ3n) is 6.06. The van der Waals surface area contributed by atoms with Gasteiger partial charge in [-0.3, -0.25) is 14.4 Å². The Morgan fingerprint density at radius 1 is 0.578 bits per heavy atom. The number of unbranched alkanes of at least 4 members (excludes halogenated alkanes) is 11. The fourth-order valence-corrected chi connectivity index (χ4v) is 3.76. The number of carbonyl (C=O) groups is 5. The molecule has 0 aliphatic heterocycles. The molecule has 12 nitrogen and oxygen atoms in total. The lowest BCUT2D eigenvalue weighted by Gasteiger charge is -2.18. The summed E-state index contributed by atoms with van der Waals surface area (Å²) in [6.45, 7) is 5.24. The molecule has 0 amide bonds. The van der Waals surface area contributed by atoms with E-state index in [2.05, 4.69) is 30.5 Å². The number of allylic oxidation sites excluding steroid dienone is 2. The number of carboxylic acids is 2. The molecule has 0 spiro atoms. The van der Waals surface area contributed by atoms with Crippen LogP contribution in [0.25, 0.3) is 0 Å². The van der Waals surface area contributed by atoms with Crippen molar-refractivity contribution in [3.05, 3.63) is 12.2 Å². The van der Waals surface area contributed by atoms with Crippen LogP contribution in [-0.4, -0.2) is 62.3 Å². The van der Waals surface area contributed by atoms with Crippen molar-refractivity contribution in [3.63, 3.8) is 0 Å². The van der Waals surface area contributed by atoms with Crippen molar-refractivity contribution in [1.82, 2.24) is 0 Å². The van der Waals surface area contributed by atoms with Gasteiger partial charge in [0.15, 0.2) is 6.10 Å². The summed E-state index contributed by atoms with van der Waals surface area (Å²) < 4.78 is 15.8. The van der Waals surface area contributed by atoms with Gasteiger partial charge in [-0.25, -0.2) is 0 Å². The second-order valence-corrected chi connectivity index (χ2v) is 10.7. The number of carbonyl (C=O) groups excluding carboxylic acids is 5. The lowest BCUT2D eigenvalue weighted by Crippen LogP contribution is -2.50. The van der Waals surface area contributed by atoms with Gasteiger partial charge >= 0.3 is 17.9 Å². The van der Waals surface area contributed by atoms with Crippen LogP contribution < -0.4 is 21.7 Å². The van der Waals surface area contributed by atoms with E-state index in [0.717, 1.165) is 39.5 Å². The number of hydrogen-bond donors (Lipinski definition) is 2. The molecule has 12 heteroatoms. The molecule has 6 N–H and O–H groups in total. The maximum Gasteiger partial charge on any atom is 0.306 e. The summed E-state index contributed by atoms with van der Waals surface area (Å²) >= 11 is 0. The summed E-state index contributed by atoms with van der Waals surface area (Å²) in [5.41, 5.74) is 7.41. The van der Waals surface area contributed by atoms with Gasteiger partial charge in [0.1, 0.15) is 13.2 Å². The Bertz CT molecular complexity index is 755. The third-order valence-corrected chi connectivity index (χ3v) is 6.06. The Kier molecular flexibility index (Phi) is 38.4. The Balaban J connectivity index is -0.00000195. The molecule has 0 aromatic carbocycles. The van der Waals surface area contributed by atoms with Gasteiger partial charge in [-0.15, -0.1) is 0 Å². The average molecular weight is 647 g/mol. The van der Waals surface area contributed by atoms with Crippen LogP contribution in [0.1, 0.15) is 136 Å². The molecule has 0 aromatic heterocycles. The molecule has 264 valence electrons. The third kappa shape index (κ3) is 48.1. The fraction of sp³-hybridized carbons (Fsp3) is 0.788. The van der Waals surface area contributed by atoms with Crippen LogP contribution in [0.3, 0.4) is 0 Å². The van der Waals surface area contributed by atoms with E-state index in [1.165, 1.54) is 57.8 Å². The zero-order valence-corrected chi connectivity index (χ0v) is 28.3. The zero-order chi connectivity index (χ0) is 34.6. The molecule has 0 saturated carbocycles. The first kappa shape index (κ1) is 46.4. The minimum Gasteiger partial charge on any atom is -0.550 e. The highest BCUT2D eigenvalue weighted by Crippen LogP contribution is 2.11. The van der Waals surface area contributed by atoms with E-state index in [1.54, 1.807) is 0 Å². The van der Waals surface area contributed by atoms with Gasteiger partial charge in [0, 0.05) is 31.2 Å². The Morgan fingerprint density at radius 3 is 1.36 bits per heavy atom. The molecule has 45 heavy (non-hydrogen) atoms. The van der Waals surface area contributed by atoms with E-state index in [9.17, 15) is 14.4 Å². The number of carboxylic acid groups (broad SMARTS) is 2. The highest BCUT2D eigenvalue weighted by Gasteiger charge is 2.19. The summed E-state index contributed by atoms with van der Waals surface area (Å²) in [6, 6.07) is 0.